The van der Waals surface area contributed by atoms with Crippen molar-refractivity contribution >= 4 is 27.5 Å². The number of benzene rings is 1. The van der Waals surface area contributed by atoms with E-state index in [9.17, 15) is 18.0 Å². The highest BCUT2D eigenvalue weighted by Gasteiger charge is 2.32. The van der Waals surface area contributed by atoms with Gasteiger partial charge < -0.3 is 14.6 Å². The van der Waals surface area contributed by atoms with Crippen LogP contribution in [-0.2, 0) is 14.8 Å². The summed E-state index contributed by atoms with van der Waals surface area (Å²) in [6.07, 6.45) is -0.737. The second-order valence-corrected chi connectivity index (χ2v) is 9.24. The van der Waals surface area contributed by atoms with Crippen LogP contribution in [-0.4, -0.2) is 31.5 Å². The fourth-order valence-corrected chi connectivity index (χ4v) is 4.08. The lowest BCUT2D eigenvalue weighted by Crippen LogP contribution is -2.40. The van der Waals surface area contributed by atoms with Crippen molar-refractivity contribution in [1.29, 1.82) is 0 Å². The summed E-state index contributed by atoms with van der Waals surface area (Å²) in [4.78, 5) is 24.3. The van der Waals surface area contributed by atoms with E-state index in [4.69, 9.17) is 9.26 Å². The number of nitrogens with one attached hydrogen (secondary N) is 2. The molecule has 0 saturated heterocycles. The SMILES string of the molecule is Cc1cc2c(cc1S(=O)(=O)NC(=O)c1cc(C(C)C)no1)OC(C(C)C)C(=O)N2. The zero-order valence-corrected chi connectivity index (χ0v) is 17.6. The van der Waals surface area contributed by atoms with Gasteiger partial charge in [0.1, 0.15) is 5.75 Å². The molecule has 9 nitrogen and oxygen atoms in total. The van der Waals surface area contributed by atoms with Gasteiger partial charge in [0, 0.05) is 12.1 Å². The van der Waals surface area contributed by atoms with Crippen molar-refractivity contribution < 1.29 is 27.3 Å². The number of carbonyl (C=O) groups is 2. The van der Waals surface area contributed by atoms with Crippen molar-refractivity contribution in [3.8, 4) is 5.75 Å². The van der Waals surface area contributed by atoms with Gasteiger partial charge in [-0.2, -0.15) is 0 Å². The average molecular weight is 421 g/mol. The molecule has 2 N–H and O–H groups in total. The normalized spacial score (nSPS) is 16.4. The maximum atomic E-state index is 12.8. The Morgan fingerprint density at radius 1 is 1.21 bits per heavy atom. The molecule has 10 heteroatoms. The summed E-state index contributed by atoms with van der Waals surface area (Å²) < 4.78 is 38.2. The molecule has 1 aliphatic rings. The molecule has 1 aromatic carbocycles. The van der Waals surface area contributed by atoms with Crippen LogP contribution in [0.25, 0.3) is 0 Å². The van der Waals surface area contributed by atoms with Gasteiger partial charge in [-0.15, -0.1) is 0 Å². The van der Waals surface area contributed by atoms with Crippen LogP contribution in [0.1, 0.15) is 55.4 Å². The number of aromatic nitrogens is 1. The van der Waals surface area contributed by atoms with E-state index < -0.39 is 22.0 Å². The number of rotatable bonds is 5. The Balaban J connectivity index is 1.90. The van der Waals surface area contributed by atoms with Gasteiger partial charge in [-0.3, -0.25) is 9.59 Å². The molecule has 1 aliphatic heterocycles. The van der Waals surface area contributed by atoms with Crippen LogP contribution in [0.3, 0.4) is 0 Å². The Labute approximate surface area is 168 Å². The smallest absolute Gasteiger partial charge is 0.303 e. The molecule has 3 rings (SSSR count). The molecule has 1 aromatic heterocycles. The number of fused-ring (bicyclic) bond motifs is 1. The highest BCUT2D eigenvalue weighted by atomic mass is 32.2. The van der Waals surface area contributed by atoms with E-state index in [1.807, 2.05) is 32.4 Å². The molecule has 2 aromatic rings. The Morgan fingerprint density at radius 3 is 2.48 bits per heavy atom. The third kappa shape index (κ3) is 4.12. The summed E-state index contributed by atoms with van der Waals surface area (Å²) in [7, 11) is -4.21. The van der Waals surface area contributed by atoms with Gasteiger partial charge in [-0.05, 0) is 30.4 Å². The third-order valence-electron chi connectivity index (χ3n) is 4.51. The zero-order valence-electron chi connectivity index (χ0n) is 16.8. The van der Waals surface area contributed by atoms with Gasteiger partial charge in [0.05, 0.1) is 16.3 Å². The van der Waals surface area contributed by atoms with Crippen molar-refractivity contribution in [2.24, 2.45) is 5.92 Å². The van der Waals surface area contributed by atoms with Crippen LogP contribution in [0.5, 0.6) is 5.75 Å². The van der Waals surface area contributed by atoms with E-state index in [0.717, 1.165) is 0 Å². The Kier molecular flexibility index (Phi) is 5.40. The molecular weight excluding hydrogens is 398 g/mol. The lowest BCUT2D eigenvalue weighted by molar-refractivity contribution is -0.125. The minimum atomic E-state index is -4.21. The molecule has 0 fully saturated rings. The molecule has 0 spiro atoms. The summed E-state index contributed by atoms with van der Waals surface area (Å²) in [5.74, 6) is -1.26. The molecule has 0 bridgehead atoms. The molecule has 29 heavy (non-hydrogen) atoms. The van der Waals surface area contributed by atoms with Gasteiger partial charge in [0.2, 0.25) is 5.76 Å². The molecule has 0 saturated carbocycles. The van der Waals surface area contributed by atoms with E-state index in [1.165, 1.54) is 18.2 Å². The fraction of sp³-hybridized carbons (Fsp3) is 0.421. The minimum Gasteiger partial charge on any atom is -0.478 e. The highest BCUT2D eigenvalue weighted by Crippen LogP contribution is 2.35. The van der Waals surface area contributed by atoms with Crippen molar-refractivity contribution in [3.05, 3.63) is 35.2 Å². The molecule has 2 amide bonds. The quantitative estimate of drug-likeness (QED) is 0.759. The summed E-state index contributed by atoms with van der Waals surface area (Å²) in [5.41, 5.74) is 1.27. The largest absolute Gasteiger partial charge is 0.478 e. The van der Waals surface area contributed by atoms with Crippen LogP contribution in [0.15, 0.2) is 27.6 Å². The van der Waals surface area contributed by atoms with E-state index in [2.05, 4.69) is 10.5 Å². The average Bonchev–Trinajstić information content (AvgIpc) is 3.10. The molecular formula is C19H23N3O6S. The first-order valence-electron chi connectivity index (χ1n) is 9.15. The Bertz CT molecular complexity index is 1070. The fourth-order valence-electron chi connectivity index (χ4n) is 2.88. The first kappa shape index (κ1) is 20.8. The van der Waals surface area contributed by atoms with Crippen molar-refractivity contribution in [2.75, 3.05) is 5.32 Å². The molecule has 1 atom stereocenters. The standard InChI is InChI=1S/C19H23N3O6S/c1-9(2)12-7-15(28-21-12)18(23)22-29(25,26)16-8-14-13(6-11(16)5)20-19(24)17(27-14)10(3)4/h6-10,17H,1-5H3,(H,20,24)(H,22,23). The number of aryl methyl sites for hydroxylation is 1. The maximum Gasteiger partial charge on any atom is 0.303 e. The Morgan fingerprint density at radius 2 is 1.90 bits per heavy atom. The number of amides is 2. The van der Waals surface area contributed by atoms with E-state index >= 15 is 0 Å². The number of hydrogen-bond acceptors (Lipinski definition) is 7. The molecule has 1 unspecified atom stereocenters. The van der Waals surface area contributed by atoms with E-state index in [-0.39, 0.29) is 34.1 Å². The van der Waals surface area contributed by atoms with Crippen molar-refractivity contribution in [3.63, 3.8) is 0 Å². The Hall–Kier alpha value is -2.88. The maximum absolute atomic E-state index is 12.8. The van der Waals surface area contributed by atoms with Crippen LogP contribution in [0.4, 0.5) is 5.69 Å². The first-order chi connectivity index (χ1) is 13.5. The molecule has 2 heterocycles. The minimum absolute atomic E-state index is 0.0288. The third-order valence-corrected chi connectivity index (χ3v) is 5.99. The second kappa shape index (κ2) is 7.51. The molecule has 156 valence electrons. The van der Waals surface area contributed by atoms with Crippen LogP contribution < -0.4 is 14.8 Å². The second-order valence-electron chi connectivity index (χ2n) is 7.59. The van der Waals surface area contributed by atoms with Crippen LogP contribution in [0.2, 0.25) is 0 Å². The van der Waals surface area contributed by atoms with Gasteiger partial charge in [0.15, 0.2) is 6.10 Å². The summed E-state index contributed by atoms with van der Waals surface area (Å²) in [6, 6.07) is 4.20. The molecule has 0 radical (unpaired) electrons. The highest BCUT2D eigenvalue weighted by molar-refractivity contribution is 7.90. The van der Waals surface area contributed by atoms with E-state index in [1.54, 1.807) is 6.92 Å². The first-order valence-corrected chi connectivity index (χ1v) is 10.6. The van der Waals surface area contributed by atoms with Crippen LogP contribution >= 0.6 is 0 Å². The van der Waals surface area contributed by atoms with Gasteiger partial charge in [0.25, 0.3) is 15.9 Å². The predicted octanol–water partition coefficient (Wildman–Crippen LogP) is 2.58. The van der Waals surface area contributed by atoms with E-state index in [0.29, 0.717) is 16.9 Å². The number of sulfonamides is 1. The van der Waals surface area contributed by atoms with Crippen molar-refractivity contribution in [1.82, 2.24) is 9.88 Å². The number of carbonyl (C=O) groups excluding carboxylic acids is 2. The summed E-state index contributed by atoms with van der Waals surface area (Å²) in [6.45, 7) is 8.95. The monoisotopic (exact) mass is 421 g/mol. The van der Waals surface area contributed by atoms with Gasteiger partial charge >= 0.3 is 5.91 Å². The lowest BCUT2D eigenvalue weighted by atomic mass is 10.0. The summed E-state index contributed by atoms with van der Waals surface area (Å²) in [5, 5.41) is 6.48. The van der Waals surface area contributed by atoms with Gasteiger partial charge in [-0.25, -0.2) is 13.1 Å². The number of hydrogen-bond donors (Lipinski definition) is 2. The number of anilines is 1. The lowest BCUT2D eigenvalue weighted by Gasteiger charge is -2.29. The zero-order chi connectivity index (χ0) is 21.5. The van der Waals surface area contributed by atoms with Crippen LogP contribution in [0, 0.1) is 12.8 Å². The summed E-state index contributed by atoms with van der Waals surface area (Å²) >= 11 is 0. The number of nitrogens with zero attached hydrogens (tertiary/aromatic N) is 1. The van der Waals surface area contributed by atoms with Gasteiger partial charge in [-0.1, -0.05) is 32.9 Å². The number of ether oxygens (including phenoxy) is 1. The molecule has 0 aliphatic carbocycles. The topological polar surface area (TPSA) is 128 Å². The van der Waals surface area contributed by atoms with Crippen molar-refractivity contribution in [2.45, 2.75) is 51.5 Å². The predicted molar refractivity (Wildman–Crippen MR) is 104 cm³/mol.